The number of halogens is 1. The predicted octanol–water partition coefficient (Wildman–Crippen LogP) is 2.64. The number of fused-ring (bicyclic) bond motifs is 1. The van der Waals surface area contributed by atoms with E-state index < -0.39 is 11.9 Å². The summed E-state index contributed by atoms with van der Waals surface area (Å²) in [7, 11) is 4.37. The summed E-state index contributed by atoms with van der Waals surface area (Å²) >= 11 is 0. The number of amides is 1. The number of hydrogen-bond donors (Lipinski definition) is 2. The Balaban J connectivity index is 0.00000320. The van der Waals surface area contributed by atoms with E-state index in [4.69, 9.17) is 9.47 Å². The van der Waals surface area contributed by atoms with E-state index in [2.05, 4.69) is 10.6 Å². The van der Waals surface area contributed by atoms with Crippen molar-refractivity contribution in [2.75, 3.05) is 33.1 Å². The van der Waals surface area contributed by atoms with Crippen molar-refractivity contribution in [1.29, 1.82) is 0 Å². The van der Waals surface area contributed by atoms with E-state index in [1.807, 2.05) is 10.6 Å². The summed E-state index contributed by atoms with van der Waals surface area (Å²) < 4.78 is 11.9. The number of nitrogens with one attached hydrogen (secondary N) is 2. The third-order valence-corrected chi connectivity index (χ3v) is 4.97. The average Bonchev–Trinajstić information content (AvgIpc) is 3.31. The summed E-state index contributed by atoms with van der Waals surface area (Å²) in [6.45, 7) is 1.26. The second-order valence-electron chi connectivity index (χ2n) is 6.77. The van der Waals surface area contributed by atoms with Crippen LogP contribution >= 0.6 is 12.4 Å². The zero-order valence-corrected chi connectivity index (χ0v) is 18.1. The maximum Gasteiger partial charge on any atom is 0.340 e. The molecule has 0 unspecified atom stereocenters. The van der Waals surface area contributed by atoms with Gasteiger partial charge in [0.1, 0.15) is 5.56 Å². The summed E-state index contributed by atoms with van der Waals surface area (Å²) in [6, 6.07) is 7.23. The van der Waals surface area contributed by atoms with Crippen molar-refractivity contribution in [3.63, 3.8) is 0 Å². The molecular formula is C21H26ClN3O5. The molecule has 9 heteroatoms. The Morgan fingerprint density at radius 3 is 2.47 bits per heavy atom. The molecule has 162 valence electrons. The van der Waals surface area contributed by atoms with Gasteiger partial charge >= 0.3 is 11.9 Å². The third kappa shape index (κ3) is 4.49. The van der Waals surface area contributed by atoms with Crippen LogP contribution in [0.2, 0.25) is 0 Å². The van der Waals surface area contributed by atoms with Gasteiger partial charge in [0.25, 0.3) is 0 Å². The first-order valence-corrected chi connectivity index (χ1v) is 9.48. The van der Waals surface area contributed by atoms with E-state index >= 15 is 0 Å². The fraction of sp³-hybridized carbons (Fsp3) is 0.381. The molecule has 0 atom stereocenters. The molecule has 1 amide bonds. The fourth-order valence-electron chi connectivity index (χ4n) is 3.71. The molecule has 1 aliphatic heterocycles. The van der Waals surface area contributed by atoms with Gasteiger partial charge in [0.15, 0.2) is 0 Å². The minimum atomic E-state index is -0.592. The normalized spacial score (nSPS) is 12.0. The van der Waals surface area contributed by atoms with Crippen molar-refractivity contribution in [2.45, 2.75) is 25.8 Å². The van der Waals surface area contributed by atoms with Crippen molar-refractivity contribution in [3.8, 4) is 11.3 Å². The number of rotatable bonds is 7. The Labute approximate surface area is 181 Å². The number of ether oxygens (including phenoxy) is 2. The minimum absolute atomic E-state index is 0. The predicted molar refractivity (Wildman–Crippen MR) is 115 cm³/mol. The largest absolute Gasteiger partial charge is 0.465 e. The maximum absolute atomic E-state index is 12.6. The monoisotopic (exact) mass is 435 g/mol. The number of esters is 2. The van der Waals surface area contributed by atoms with E-state index in [-0.39, 0.29) is 29.4 Å². The number of aromatic nitrogens is 1. The van der Waals surface area contributed by atoms with Gasteiger partial charge in [-0.25, -0.2) is 9.59 Å². The molecule has 0 fully saturated rings. The Morgan fingerprint density at radius 2 is 1.80 bits per heavy atom. The Morgan fingerprint density at radius 1 is 1.10 bits per heavy atom. The number of methoxy groups -OCH3 is 2. The molecule has 30 heavy (non-hydrogen) atoms. The number of anilines is 1. The molecule has 2 N–H and O–H groups in total. The van der Waals surface area contributed by atoms with Crippen LogP contribution in [0.25, 0.3) is 11.3 Å². The Kier molecular flexibility index (Phi) is 8.02. The van der Waals surface area contributed by atoms with Gasteiger partial charge < -0.3 is 24.7 Å². The van der Waals surface area contributed by atoms with Crippen LogP contribution in [-0.2, 0) is 27.2 Å². The maximum atomic E-state index is 12.6. The molecule has 0 bridgehead atoms. The van der Waals surface area contributed by atoms with Gasteiger partial charge in [-0.3, -0.25) is 4.79 Å². The minimum Gasteiger partial charge on any atom is -0.465 e. The van der Waals surface area contributed by atoms with Crippen molar-refractivity contribution in [3.05, 3.63) is 41.1 Å². The quantitative estimate of drug-likeness (QED) is 0.649. The standard InChI is InChI=1S/C21H25N3O5.ClH/c1-22-10-9-16(25)23-14-7-4-6-13(12-14)19-18(21(27)29-3)17(20(26)28-2)15-8-5-11-24(15)19;/h4,6-7,12,22H,5,8-11H2,1-3H3,(H,23,25);1H. The SMILES string of the molecule is CNCCC(=O)Nc1cccc(-c2c(C(=O)OC)c(C(=O)OC)c3n2CCC3)c1.Cl. The highest BCUT2D eigenvalue weighted by atomic mass is 35.5. The molecule has 3 rings (SSSR count). The molecule has 2 aromatic rings. The molecule has 0 saturated carbocycles. The number of carbonyl (C=O) groups excluding carboxylic acids is 3. The molecule has 0 aliphatic carbocycles. The van der Waals surface area contributed by atoms with Crippen LogP contribution in [-0.4, -0.2) is 50.2 Å². The van der Waals surface area contributed by atoms with Crippen LogP contribution in [0.3, 0.4) is 0 Å². The van der Waals surface area contributed by atoms with Gasteiger partial charge in [0, 0.05) is 36.5 Å². The summed E-state index contributed by atoms with van der Waals surface area (Å²) in [4.78, 5) is 37.1. The van der Waals surface area contributed by atoms with Gasteiger partial charge in [0.2, 0.25) is 5.91 Å². The lowest BCUT2D eigenvalue weighted by atomic mass is 10.0. The zero-order valence-electron chi connectivity index (χ0n) is 17.2. The van der Waals surface area contributed by atoms with Crippen LogP contribution in [0.1, 0.15) is 39.3 Å². The van der Waals surface area contributed by atoms with Gasteiger partial charge in [-0.15, -0.1) is 12.4 Å². The van der Waals surface area contributed by atoms with Crippen molar-refractivity contribution >= 4 is 35.9 Å². The summed E-state index contributed by atoms with van der Waals surface area (Å²) in [5.41, 5.74) is 3.18. The molecule has 1 aromatic carbocycles. The first-order valence-electron chi connectivity index (χ1n) is 9.48. The van der Waals surface area contributed by atoms with Crippen LogP contribution in [0.15, 0.2) is 24.3 Å². The first kappa shape index (κ1) is 23.4. The zero-order chi connectivity index (χ0) is 21.0. The summed E-state index contributed by atoms with van der Waals surface area (Å²) in [5.74, 6) is -1.26. The molecule has 0 saturated heterocycles. The third-order valence-electron chi connectivity index (χ3n) is 4.97. The second-order valence-corrected chi connectivity index (χ2v) is 6.77. The highest BCUT2D eigenvalue weighted by Crippen LogP contribution is 2.37. The summed E-state index contributed by atoms with van der Waals surface area (Å²) in [5, 5.41) is 5.80. The number of hydrogen-bond acceptors (Lipinski definition) is 6. The van der Waals surface area contributed by atoms with E-state index in [0.29, 0.717) is 37.3 Å². The lowest BCUT2D eigenvalue weighted by molar-refractivity contribution is -0.116. The Hall–Kier alpha value is -2.84. The average molecular weight is 436 g/mol. The molecule has 0 radical (unpaired) electrons. The number of nitrogens with zero attached hydrogens (tertiary/aromatic N) is 1. The lowest BCUT2D eigenvalue weighted by Crippen LogP contribution is -2.18. The van der Waals surface area contributed by atoms with E-state index in [9.17, 15) is 14.4 Å². The van der Waals surface area contributed by atoms with Crippen molar-refractivity contribution in [2.24, 2.45) is 0 Å². The Bertz CT molecular complexity index is 954. The molecule has 1 aromatic heterocycles. The molecule has 8 nitrogen and oxygen atoms in total. The van der Waals surface area contributed by atoms with Gasteiger partial charge in [-0.05, 0) is 32.0 Å². The first-order chi connectivity index (χ1) is 14.0. The van der Waals surface area contributed by atoms with Gasteiger partial charge in [-0.1, -0.05) is 12.1 Å². The van der Waals surface area contributed by atoms with Gasteiger partial charge in [0.05, 0.1) is 25.5 Å². The van der Waals surface area contributed by atoms with Crippen LogP contribution in [0.5, 0.6) is 0 Å². The van der Waals surface area contributed by atoms with Crippen LogP contribution in [0, 0.1) is 0 Å². The van der Waals surface area contributed by atoms with Crippen LogP contribution in [0.4, 0.5) is 5.69 Å². The summed E-state index contributed by atoms with van der Waals surface area (Å²) in [6.07, 6.45) is 1.89. The van der Waals surface area contributed by atoms with Crippen molar-refractivity contribution < 1.29 is 23.9 Å². The topological polar surface area (TPSA) is 98.7 Å². The van der Waals surface area contributed by atoms with E-state index in [1.54, 1.807) is 25.2 Å². The van der Waals surface area contributed by atoms with Crippen molar-refractivity contribution in [1.82, 2.24) is 9.88 Å². The smallest absolute Gasteiger partial charge is 0.340 e. The van der Waals surface area contributed by atoms with Gasteiger partial charge in [-0.2, -0.15) is 0 Å². The highest BCUT2D eigenvalue weighted by Gasteiger charge is 2.34. The fourth-order valence-corrected chi connectivity index (χ4v) is 3.71. The van der Waals surface area contributed by atoms with E-state index in [1.165, 1.54) is 14.2 Å². The number of benzene rings is 1. The molecule has 0 spiro atoms. The molecular weight excluding hydrogens is 410 g/mol. The highest BCUT2D eigenvalue weighted by molar-refractivity contribution is 6.09. The second kappa shape index (κ2) is 10.3. The molecule has 1 aliphatic rings. The number of carbonyl (C=O) groups is 3. The molecule has 2 heterocycles. The van der Waals surface area contributed by atoms with Crippen LogP contribution < -0.4 is 10.6 Å². The van der Waals surface area contributed by atoms with E-state index in [0.717, 1.165) is 17.7 Å². The lowest BCUT2D eigenvalue weighted by Gasteiger charge is -2.12.